The molecular weight excluding hydrogens is 233 g/mol. The van der Waals surface area contributed by atoms with Crippen molar-refractivity contribution in [3.63, 3.8) is 0 Å². The highest BCUT2D eigenvalue weighted by molar-refractivity contribution is 5.66. The van der Waals surface area contributed by atoms with E-state index in [-0.39, 0.29) is 18.3 Å². The van der Waals surface area contributed by atoms with Crippen molar-refractivity contribution in [2.75, 3.05) is 6.54 Å². The van der Waals surface area contributed by atoms with Crippen LogP contribution in [0.1, 0.15) is 32.3 Å². The molecule has 0 aromatic heterocycles. The second-order valence-corrected chi connectivity index (χ2v) is 4.50. The minimum atomic E-state index is -0.803. The first-order valence-electron chi connectivity index (χ1n) is 6.23. The first kappa shape index (κ1) is 14.6. The number of nitrogens with zero attached hydrogens (tertiary/aromatic N) is 1. The monoisotopic (exact) mass is 253 g/mol. The zero-order valence-electron chi connectivity index (χ0n) is 10.9. The Morgan fingerprint density at radius 1 is 1.50 bits per heavy atom. The maximum Gasteiger partial charge on any atom is 0.304 e. The summed E-state index contributed by atoms with van der Waals surface area (Å²) in [5, 5.41) is 8.74. The van der Waals surface area contributed by atoms with Gasteiger partial charge in [-0.3, -0.25) is 9.69 Å². The van der Waals surface area contributed by atoms with E-state index in [0.717, 1.165) is 12.0 Å². The Bertz CT molecular complexity index is 395. The van der Waals surface area contributed by atoms with Crippen LogP contribution in [-0.2, 0) is 11.3 Å². The molecule has 0 spiro atoms. The van der Waals surface area contributed by atoms with Crippen molar-refractivity contribution in [1.29, 1.82) is 0 Å². The van der Waals surface area contributed by atoms with Crippen LogP contribution < -0.4 is 0 Å². The number of carbonyl (C=O) groups is 1. The molecule has 0 fully saturated rings. The lowest BCUT2D eigenvalue weighted by Crippen LogP contribution is -2.34. The summed E-state index contributed by atoms with van der Waals surface area (Å²) in [5.41, 5.74) is 0.876. The Balaban J connectivity index is 2.68. The van der Waals surface area contributed by atoms with Crippen molar-refractivity contribution in [3.05, 3.63) is 35.6 Å². The van der Waals surface area contributed by atoms with Crippen LogP contribution in [0.4, 0.5) is 4.39 Å². The summed E-state index contributed by atoms with van der Waals surface area (Å²) in [6.45, 7) is 5.19. The molecule has 0 aliphatic carbocycles. The molecule has 4 heteroatoms. The summed E-state index contributed by atoms with van der Waals surface area (Å²) >= 11 is 0. The molecule has 0 heterocycles. The van der Waals surface area contributed by atoms with Crippen molar-refractivity contribution in [3.8, 4) is 0 Å². The molecular formula is C14H20FNO2. The quantitative estimate of drug-likeness (QED) is 0.812. The summed E-state index contributed by atoms with van der Waals surface area (Å²) in [6, 6.07) is 6.73. The number of hydrogen-bond donors (Lipinski definition) is 1. The van der Waals surface area contributed by atoms with E-state index in [9.17, 15) is 9.18 Å². The number of benzene rings is 1. The molecule has 0 saturated heterocycles. The van der Waals surface area contributed by atoms with E-state index in [1.54, 1.807) is 6.07 Å². The normalized spacial score (nSPS) is 12.7. The van der Waals surface area contributed by atoms with Crippen LogP contribution in [0, 0.1) is 5.82 Å². The second kappa shape index (κ2) is 7.11. The van der Waals surface area contributed by atoms with Crippen LogP contribution >= 0.6 is 0 Å². The zero-order valence-corrected chi connectivity index (χ0v) is 10.9. The molecule has 0 radical (unpaired) electrons. The van der Waals surface area contributed by atoms with Gasteiger partial charge in [0.1, 0.15) is 5.82 Å². The minimum absolute atomic E-state index is 0.111. The van der Waals surface area contributed by atoms with Crippen molar-refractivity contribution < 1.29 is 14.3 Å². The fraction of sp³-hybridized carbons (Fsp3) is 0.500. The second-order valence-electron chi connectivity index (χ2n) is 4.50. The Labute approximate surface area is 107 Å². The number of carboxylic acid groups (broad SMARTS) is 1. The highest BCUT2D eigenvalue weighted by Crippen LogP contribution is 2.12. The number of halogens is 1. The van der Waals surface area contributed by atoms with E-state index >= 15 is 0 Å². The number of carboxylic acids is 1. The van der Waals surface area contributed by atoms with Gasteiger partial charge in [0.15, 0.2) is 0 Å². The molecule has 18 heavy (non-hydrogen) atoms. The third-order valence-corrected chi connectivity index (χ3v) is 3.10. The average molecular weight is 253 g/mol. The average Bonchev–Trinajstić information content (AvgIpc) is 2.33. The van der Waals surface area contributed by atoms with Crippen molar-refractivity contribution >= 4 is 5.97 Å². The van der Waals surface area contributed by atoms with Gasteiger partial charge in [-0.05, 0) is 31.0 Å². The maximum atomic E-state index is 13.1. The van der Waals surface area contributed by atoms with E-state index in [1.165, 1.54) is 12.1 Å². The Kier molecular flexibility index (Phi) is 5.78. The third kappa shape index (κ3) is 4.84. The zero-order chi connectivity index (χ0) is 13.5. The van der Waals surface area contributed by atoms with E-state index in [2.05, 4.69) is 18.7 Å². The van der Waals surface area contributed by atoms with Crippen LogP contribution in [0.15, 0.2) is 24.3 Å². The molecule has 1 atom stereocenters. The number of rotatable bonds is 7. The third-order valence-electron chi connectivity index (χ3n) is 3.10. The largest absolute Gasteiger partial charge is 0.481 e. The molecule has 100 valence electrons. The summed E-state index contributed by atoms with van der Waals surface area (Å²) in [5.74, 6) is -1.06. The van der Waals surface area contributed by atoms with Crippen molar-refractivity contribution in [2.45, 2.75) is 39.3 Å². The molecule has 0 aliphatic heterocycles. The van der Waals surface area contributed by atoms with E-state index in [0.29, 0.717) is 13.1 Å². The van der Waals surface area contributed by atoms with Gasteiger partial charge < -0.3 is 5.11 Å². The van der Waals surface area contributed by atoms with Gasteiger partial charge in [0.2, 0.25) is 0 Å². The van der Waals surface area contributed by atoms with Crippen molar-refractivity contribution in [2.24, 2.45) is 0 Å². The van der Waals surface area contributed by atoms with Gasteiger partial charge in [0.25, 0.3) is 0 Å². The topological polar surface area (TPSA) is 40.5 Å². The van der Waals surface area contributed by atoms with Gasteiger partial charge in [-0.15, -0.1) is 0 Å². The molecule has 3 nitrogen and oxygen atoms in total. The van der Waals surface area contributed by atoms with Crippen LogP contribution in [0.5, 0.6) is 0 Å². The Morgan fingerprint density at radius 2 is 2.22 bits per heavy atom. The number of aliphatic carboxylic acids is 1. The molecule has 0 saturated carbocycles. The fourth-order valence-corrected chi connectivity index (χ4v) is 1.82. The predicted octanol–water partition coefficient (Wildman–Crippen LogP) is 2.90. The molecule has 0 amide bonds. The SMILES string of the molecule is CCC(C)N(CCC(=O)O)Cc1cccc(F)c1. The lowest BCUT2D eigenvalue weighted by Gasteiger charge is -2.27. The van der Waals surface area contributed by atoms with Crippen LogP contribution in [-0.4, -0.2) is 28.6 Å². The highest BCUT2D eigenvalue weighted by Gasteiger charge is 2.14. The number of hydrogen-bond acceptors (Lipinski definition) is 2. The van der Waals surface area contributed by atoms with Gasteiger partial charge in [0.05, 0.1) is 6.42 Å². The summed E-state index contributed by atoms with van der Waals surface area (Å²) in [4.78, 5) is 12.7. The summed E-state index contributed by atoms with van der Waals surface area (Å²) < 4.78 is 13.1. The smallest absolute Gasteiger partial charge is 0.304 e. The van der Waals surface area contributed by atoms with Crippen LogP contribution in [0.25, 0.3) is 0 Å². The Morgan fingerprint density at radius 3 is 2.78 bits per heavy atom. The minimum Gasteiger partial charge on any atom is -0.481 e. The molecule has 1 N–H and O–H groups in total. The van der Waals surface area contributed by atoms with Gasteiger partial charge in [0, 0.05) is 19.1 Å². The molecule has 0 bridgehead atoms. The highest BCUT2D eigenvalue weighted by atomic mass is 19.1. The lowest BCUT2D eigenvalue weighted by atomic mass is 10.1. The van der Waals surface area contributed by atoms with Crippen LogP contribution in [0.3, 0.4) is 0 Å². The standard InChI is InChI=1S/C14H20FNO2/c1-3-11(2)16(8-7-14(17)18)10-12-5-4-6-13(15)9-12/h4-6,9,11H,3,7-8,10H2,1-2H3,(H,17,18). The summed E-state index contributed by atoms with van der Waals surface area (Å²) in [6.07, 6.45) is 1.05. The first-order valence-corrected chi connectivity index (χ1v) is 6.23. The Hall–Kier alpha value is -1.42. The predicted molar refractivity (Wildman–Crippen MR) is 68.8 cm³/mol. The van der Waals surface area contributed by atoms with Crippen LogP contribution in [0.2, 0.25) is 0 Å². The van der Waals surface area contributed by atoms with Crippen molar-refractivity contribution in [1.82, 2.24) is 4.90 Å². The molecule has 1 unspecified atom stereocenters. The maximum absolute atomic E-state index is 13.1. The van der Waals surface area contributed by atoms with E-state index in [4.69, 9.17) is 5.11 Å². The van der Waals surface area contributed by atoms with Gasteiger partial charge in [-0.25, -0.2) is 4.39 Å². The van der Waals surface area contributed by atoms with Gasteiger partial charge in [-0.2, -0.15) is 0 Å². The van der Waals surface area contributed by atoms with Gasteiger partial charge >= 0.3 is 5.97 Å². The summed E-state index contributed by atoms with van der Waals surface area (Å²) in [7, 11) is 0. The first-order chi connectivity index (χ1) is 8.52. The molecule has 1 aromatic rings. The molecule has 1 aromatic carbocycles. The van der Waals surface area contributed by atoms with Gasteiger partial charge in [-0.1, -0.05) is 19.1 Å². The van der Waals surface area contributed by atoms with E-state index < -0.39 is 5.97 Å². The van der Waals surface area contributed by atoms with E-state index in [1.807, 2.05) is 6.07 Å². The fourth-order valence-electron chi connectivity index (χ4n) is 1.82. The lowest BCUT2D eigenvalue weighted by molar-refractivity contribution is -0.137. The molecule has 1 rings (SSSR count). The molecule has 0 aliphatic rings.